The first-order valence-electron chi connectivity index (χ1n) is 13.3. The molecule has 2 aromatic heterocycles. The van der Waals surface area contributed by atoms with Crippen LogP contribution in [0.15, 0.2) is 127 Å². The number of hydrogen-bond donors (Lipinski definition) is 0. The lowest BCUT2D eigenvalue weighted by molar-refractivity contribution is 0.402. The summed E-state index contributed by atoms with van der Waals surface area (Å²) in [5, 5.41) is 0. The molecule has 0 bridgehead atoms. The molecule has 38 heavy (non-hydrogen) atoms. The van der Waals surface area contributed by atoms with Gasteiger partial charge in [0.1, 0.15) is 0 Å². The number of allylic oxidation sites excluding steroid dienone is 8. The average molecular weight is 492 g/mol. The van der Waals surface area contributed by atoms with Crippen LogP contribution in [-0.4, -0.2) is 15.0 Å². The molecule has 3 nitrogen and oxygen atoms in total. The summed E-state index contributed by atoms with van der Waals surface area (Å²) in [5.41, 5.74) is 9.88. The number of fused-ring (bicyclic) bond motifs is 5. The van der Waals surface area contributed by atoms with E-state index in [1.807, 2.05) is 24.4 Å². The van der Waals surface area contributed by atoms with Gasteiger partial charge in [0, 0.05) is 46.5 Å². The smallest absolute Gasteiger partial charge is 0.159 e. The molecule has 3 heteroatoms. The number of aromatic nitrogens is 3. The third-order valence-electron chi connectivity index (χ3n) is 8.64. The Kier molecular flexibility index (Phi) is 5.16. The Bertz CT molecular complexity index is 1660. The first-order chi connectivity index (χ1) is 18.6. The number of benzene rings is 2. The third kappa shape index (κ3) is 3.53. The summed E-state index contributed by atoms with van der Waals surface area (Å²) in [6, 6.07) is 23.7. The molecule has 0 amide bonds. The van der Waals surface area contributed by atoms with Crippen LogP contribution in [0.4, 0.5) is 0 Å². The van der Waals surface area contributed by atoms with Crippen LogP contribution in [-0.2, 0) is 5.41 Å². The highest BCUT2D eigenvalue weighted by Gasteiger charge is 2.46. The largest absolute Gasteiger partial charge is 0.265 e. The van der Waals surface area contributed by atoms with Crippen molar-refractivity contribution in [3.8, 4) is 22.6 Å². The zero-order chi connectivity index (χ0) is 25.7. The van der Waals surface area contributed by atoms with Gasteiger partial charge in [-0.2, -0.15) is 0 Å². The van der Waals surface area contributed by atoms with E-state index in [4.69, 9.17) is 4.98 Å². The van der Waals surface area contributed by atoms with Crippen LogP contribution in [0.5, 0.6) is 0 Å². The van der Waals surface area contributed by atoms with Crippen molar-refractivity contribution < 1.29 is 0 Å². The van der Waals surface area contributed by atoms with Crippen LogP contribution in [0.2, 0.25) is 0 Å². The van der Waals surface area contributed by atoms with E-state index >= 15 is 0 Å². The normalized spacial score (nSPS) is 25.1. The van der Waals surface area contributed by atoms with Crippen molar-refractivity contribution in [1.29, 1.82) is 0 Å². The van der Waals surface area contributed by atoms with Crippen molar-refractivity contribution in [2.45, 2.75) is 31.6 Å². The van der Waals surface area contributed by atoms with Crippen LogP contribution < -0.4 is 0 Å². The van der Waals surface area contributed by atoms with Crippen molar-refractivity contribution in [3.05, 3.63) is 144 Å². The second-order valence-corrected chi connectivity index (χ2v) is 11.0. The molecule has 0 radical (unpaired) electrons. The van der Waals surface area contributed by atoms with Crippen LogP contribution in [0, 0.1) is 5.41 Å². The van der Waals surface area contributed by atoms with E-state index in [1.54, 1.807) is 12.4 Å². The number of pyridine rings is 1. The molecule has 3 aliphatic rings. The molecule has 0 aliphatic heterocycles. The van der Waals surface area contributed by atoms with Gasteiger partial charge in [0.15, 0.2) is 5.82 Å². The fraction of sp³-hybridized carbons (Fsp3) is 0.171. The maximum absolute atomic E-state index is 4.92. The highest BCUT2D eigenvalue weighted by molar-refractivity contribution is 5.86. The second-order valence-electron chi connectivity index (χ2n) is 11.0. The fourth-order valence-electron chi connectivity index (χ4n) is 6.47. The van der Waals surface area contributed by atoms with Gasteiger partial charge in [0.05, 0.1) is 5.69 Å². The van der Waals surface area contributed by atoms with Crippen LogP contribution in [0.3, 0.4) is 0 Å². The maximum Gasteiger partial charge on any atom is 0.159 e. The standard InChI is InChI=1S/C35H29N3/c1-34(26-8-4-3-5-9-26)18-13-28-27-12-11-25(32-16-21-37-33(38-32)24-14-19-36-20-15-24)22-29(27)30-10-6-7-17-35(30,2)31(28)23-34/h3-22,30H,23H2,1-2H3. The molecule has 3 aliphatic carbocycles. The van der Waals surface area contributed by atoms with Gasteiger partial charge in [-0.25, -0.2) is 9.97 Å². The highest BCUT2D eigenvalue weighted by atomic mass is 14.9. The first kappa shape index (κ1) is 22.8. The summed E-state index contributed by atoms with van der Waals surface area (Å²) in [5.74, 6) is 0.989. The summed E-state index contributed by atoms with van der Waals surface area (Å²) in [6.45, 7) is 4.79. The molecule has 0 fully saturated rings. The van der Waals surface area contributed by atoms with Crippen molar-refractivity contribution in [1.82, 2.24) is 15.0 Å². The molecule has 2 heterocycles. The van der Waals surface area contributed by atoms with E-state index in [0.29, 0.717) is 5.82 Å². The lowest BCUT2D eigenvalue weighted by atomic mass is 9.55. The molecule has 0 spiro atoms. The second kappa shape index (κ2) is 8.59. The van der Waals surface area contributed by atoms with Gasteiger partial charge in [-0.3, -0.25) is 4.98 Å². The molecule has 3 atom stereocenters. The minimum absolute atomic E-state index is 0.0234. The minimum Gasteiger partial charge on any atom is -0.265 e. The Morgan fingerprint density at radius 2 is 1.66 bits per heavy atom. The molecule has 7 rings (SSSR count). The zero-order valence-corrected chi connectivity index (χ0v) is 21.7. The van der Waals surface area contributed by atoms with Gasteiger partial charge >= 0.3 is 0 Å². The van der Waals surface area contributed by atoms with Gasteiger partial charge in [-0.1, -0.05) is 98.3 Å². The van der Waals surface area contributed by atoms with Crippen LogP contribution in [0.1, 0.15) is 42.9 Å². The van der Waals surface area contributed by atoms with Crippen LogP contribution >= 0.6 is 0 Å². The molecule has 0 N–H and O–H groups in total. The lowest BCUT2D eigenvalue weighted by Crippen LogP contribution is -2.36. The average Bonchev–Trinajstić information content (AvgIpc) is 2.98. The Hall–Kier alpha value is -4.37. The maximum atomic E-state index is 4.92. The predicted octanol–water partition coefficient (Wildman–Crippen LogP) is 8.11. The summed E-state index contributed by atoms with van der Waals surface area (Å²) in [6.07, 6.45) is 20.4. The molecule has 3 unspecified atom stereocenters. The molecule has 4 aromatic rings. The Morgan fingerprint density at radius 3 is 2.50 bits per heavy atom. The number of nitrogens with zero attached hydrogens (tertiary/aromatic N) is 3. The van der Waals surface area contributed by atoms with Crippen molar-refractivity contribution >= 4 is 5.57 Å². The Labute approximate surface area is 224 Å². The van der Waals surface area contributed by atoms with Gasteiger partial charge in [0.2, 0.25) is 0 Å². The minimum atomic E-state index is -0.0790. The monoisotopic (exact) mass is 491 g/mol. The molecular weight excluding hydrogens is 462 g/mol. The highest BCUT2D eigenvalue weighted by Crippen LogP contribution is 2.58. The number of hydrogen-bond acceptors (Lipinski definition) is 3. The Balaban J connectivity index is 1.35. The summed E-state index contributed by atoms with van der Waals surface area (Å²) < 4.78 is 0. The van der Waals surface area contributed by atoms with E-state index in [-0.39, 0.29) is 16.7 Å². The molecule has 0 saturated heterocycles. The van der Waals surface area contributed by atoms with Crippen molar-refractivity contribution in [2.75, 3.05) is 0 Å². The summed E-state index contributed by atoms with van der Waals surface area (Å²) in [4.78, 5) is 13.6. The molecule has 184 valence electrons. The SMILES string of the molecule is CC1(c2ccccc2)C=CC2=C(C1)C1(C)C=CC=CC1c1cc(-c3ccnc(-c4ccncc4)n3)ccc12. The summed E-state index contributed by atoms with van der Waals surface area (Å²) >= 11 is 0. The predicted molar refractivity (Wildman–Crippen MR) is 154 cm³/mol. The van der Waals surface area contributed by atoms with E-state index in [9.17, 15) is 0 Å². The lowest BCUT2D eigenvalue weighted by Gasteiger charge is -2.48. The molecule has 0 saturated carbocycles. The van der Waals surface area contributed by atoms with Crippen molar-refractivity contribution in [2.24, 2.45) is 5.41 Å². The number of rotatable bonds is 3. The van der Waals surface area contributed by atoms with E-state index in [1.165, 1.54) is 27.8 Å². The molecule has 2 aromatic carbocycles. The van der Waals surface area contributed by atoms with Crippen LogP contribution in [0.25, 0.3) is 28.2 Å². The van der Waals surface area contributed by atoms with Gasteiger partial charge in [0.25, 0.3) is 0 Å². The molecular formula is C35H29N3. The Morgan fingerprint density at radius 1 is 0.816 bits per heavy atom. The topological polar surface area (TPSA) is 38.7 Å². The fourth-order valence-corrected chi connectivity index (χ4v) is 6.47. The van der Waals surface area contributed by atoms with Gasteiger partial charge in [-0.05, 0) is 52.9 Å². The zero-order valence-electron chi connectivity index (χ0n) is 21.7. The van der Waals surface area contributed by atoms with Gasteiger partial charge < -0.3 is 0 Å². The first-order valence-corrected chi connectivity index (χ1v) is 13.3. The van der Waals surface area contributed by atoms with Gasteiger partial charge in [-0.15, -0.1) is 0 Å². The van der Waals surface area contributed by atoms with E-state index in [2.05, 4.69) is 109 Å². The van der Waals surface area contributed by atoms with E-state index < -0.39 is 0 Å². The van der Waals surface area contributed by atoms with E-state index in [0.717, 1.165) is 23.2 Å². The third-order valence-corrected chi connectivity index (χ3v) is 8.64. The van der Waals surface area contributed by atoms with Crippen molar-refractivity contribution in [3.63, 3.8) is 0 Å². The quantitative estimate of drug-likeness (QED) is 0.291. The summed E-state index contributed by atoms with van der Waals surface area (Å²) in [7, 11) is 0.